The summed E-state index contributed by atoms with van der Waals surface area (Å²) in [5.41, 5.74) is -1.81. The van der Waals surface area contributed by atoms with Gasteiger partial charge in [0.2, 0.25) is 0 Å². The summed E-state index contributed by atoms with van der Waals surface area (Å²) in [5, 5.41) is 8.33. The van der Waals surface area contributed by atoms with E-state index in [-0.39, 0.29) is 35.5 Å². The molecule has 3 rings (SSSR count). The van der Waals surface area contributed by atoms with Gasteiger partial charge in [0.05, 0.1) is 17.4 Å². The predicted molar refractivity (Wildman–Crippen MR) is 117 cm³/mol. The van der Waals surface area contributed by atoms with Gasteiger partial charge in [0.1, 0.15) is 0 Å². The van der Waals surface area contributed by atoms with Crippen LogP contribution in [0.4, 0.5) is 37.7 Å². The minimum absolute atomic E-state index is 0.00172. The number of halogens is 6. The highest BCUT2D eigenvalue weighted by atomic mass is 32.1. The van der Waals surface area contributed by atoms with Crippen LogP contribution in [0.1, 0.15) is 27.2 Å². The minimum Gasteiger partial charge on any atom is -0.459 e. The number of thiocarbonyl (C=S) groups is 1. The number of hydrogen-bond donors (Lipinski definition) is 3. The van der Waals surface area contributed by atoms with Gasteiger partial charge >= 0.3 is 12.4 Å². The van der Waals surface area contributed by atoms with Crippen LogP contribution in [-0.2, 0) is 18.8 Å². The summed E-state index contributed by atoms with van der Waals surface area (Å²) in [7, 11) is 0. The molecule has 3 aromatic rings. The van der Waals surface area contributed by atoms with E-state index in [1.54, 1.807) is 30.3 Å². The van der Waals surface area contributed by atoms with Crippen LogP contribution >= 0.6 is 12.2 Å². The molecule has 12 heteroatoms. The maximum absolute atomic E-state index is 13.0. The third-order valence-corrected chi connectivity index (χ3v) is 4.74. The number of rotatable bonds is 6. The maximum atomic E-state index is 13.0. The van der Waals surface area contributed by atoms with Crippen molar-refractivity contribution in [2.45, 2.75) is 18.8 Å². The lowest BCUT2D eigenvalue weighted by atomic mass is 10.0. The van der Waals surface area contributed by atoms with Gasteiger partial charge in [-0.3, -0.25) is 4.79 Å². The monoisotopic (exact) mass is 501 g/mol. The molecule has 3 N–H and O–H groups in total. The van der Waals surface area contributed by atoms with Gasteiger partial charge in [0.15, 0.2) is 10.9 Å². The van der Waals surface area contributed by atoms with Crippen molar-refractivity contribution in [3.8, 4) is 0 Å². The third kappa shape index (κ3) is 6.98. The second-order valence-corrected chi connectivity index (χ2v) is 7.46. The maximum Gasteiger partial charge on any atom is 0.416 e. The van der Waals surface area contributed by atoms with Crippen LogP contribution < -0.4 is 16.0 Å². The van der Waals surface area contributed by atoms with Crippen LogP contribution in [0.15, 0.2) is 65.3 Å². The minimum atomic E-state index is -4.90. The molecule has 0 atom stereocenters. The van der Waals surface area contributed by atoms with E-state index < -0.39 is 29.4 Å². The molecule has 0 aliphatic heterocycles. The van der Waals surface area contributed by atoms with Gasteiger partial charge in [0.25, 0.3) is 5.91 Å². The number of carbonyl (C=O) groups excluding carboxylic acids is 1. The zero-order valence-electron chi connectivity index (χ0n) is 17.2. The molecule has 1 aromatic heterocycles. The zero-order valence-corrected chi connectivity index (χ0v) is 18.0. The molecule has 0 fully saturated rings. The Bertz CT molecular complexity index is 1110. The SMILES string of the molecule is O=C(Nc1ccc(NC(=S)NCCc2cc(C(F)(F)F)cc(C(F)(F)F)c2)cc1)c1ccco1. The van der Waals surface area contributed by atoms with Crippen molar-refractivity contribution in [3.63, 3.8) is 0 Å². The number of nitrogens with one attached hydrogen (secondary N) is 3. The van der Waals surface area contributed by atoms with E-state index in [1.165, 1.54) is 12.3 Å². The lowest BCUT2D eigenvalue weighted by Gasteiger charge is -2.15. The van der Waals surface area contributed by atoms with E-state index in [0.29, 0.717) is 23.5 Å². The molecule has 5 nitrogen and oxygen atoms in total. The Hall–Kier alpha value is -3.54. The number of amides is 1. The van der Waals surface area contributed by atoms with Crippen LogP contribution in [0.2, 0.25) is 0 Å². The van der Waals surface area contributed by atoms with Crippen LogP contribution in [0, 0.1) is 0 Å². The zero-order chi connectivity index (χ0) is 24.9. The highest BCUT2D eigenvalue weighted by Crippen LogP contribution is 2.36. The lowest BCUT2D eigenvalue weighted by molar-refractivity contribution is -0.143. The smallest absolute Gasteiger partial charge is 0.416 e. The van der Waals surface area contributed by atoms with Gasteiger partial charge < -0.3 is 20.4 Å². The first-order chi connectivity index (χ1) is 15.9. The van der Waals surface area contributed by atoms with Gasteiger partial charge in [-0.2, -0.15) is 26.3 Å². The van der Waals surface area contributed by atoms with Gasteiger partial charge in [-0.05, 0) is 78.8 Å². The Balaban J connectivity index is 1.54. The first kappa shape index (κ1) is 25.1. The van der Waals surface area contributed by atoms with Crippen molar-refractivity contribution in [2.75, 3.05) is 17.2 Å². The van der Waals surface area contributed by atoms with Crippen molar-refractivity contribution < 1.29 is 35.6 Å². The fourth-order valence-corrected chi connectivity index (χ4v) is 3.12. The molecule has 34 heavy (non-hydrogen) atoms. The van der Waals surface area contributed by atoms with E-state index in [1.807, 2.05) is 0 Å². The molecule has 2 aromatic carbocycles. The van der Waals surface area contributed by atoms with E-state index in [0.717, 1.165) is 0 Å². The second kappa shape index (κ2) is 10.2. The second-order valence-electron chi connectivity index (χ2n) is 7.05. The molecule has 0 aliphatic carbocycles. The average molecular weight is 501 g/mol. The highest BCUT2D eigenvalue weighted by Gasteiger charge is 2.36. The van der Waals surface area contributed by atoms with Crippen molar-refractivity contribution >= 4 is 34.6 Å². The number of alkyl halides is 6. The van der Waals surface area contributed by atoms with Crippen LogP contribution in [0.3, 0.4) is 0 Å². The molecule has 0 unspecified atom stereocenters. The van der Waals surface area contributed by atoms with Crippen LogP contribution in [0.25, 0.3) is 0 Å². The largest absolute Gasteiger partial charge is 0.459 e. The van der Waals surface area contributed by atoms with Crippen molar-refractivity contribution in [3.05, 3.63) is 83.3 Å². The molecule has 0 saturated heterocycles. The van der Waals surface area contributed by atoms with Gasteiger partial charge in [0, 0.05) is 17.9 Å². The van der Waals surface area contributed by atoms with E-state index in [9.17, 15) is 31.1 Å². The lowest BCUT2D eigenvalue weighted by Crippen LogP contribution is -2.30. The first-order valence-corrected chi connectivity index (χ1v) is 10.1. The highest BCUT2D eigenvalue weighted by molar-refractivity contribution is 7.80. The summed E-state index contributed by atoms with van der Waals surface area (Å²) in [6, 6.07) is 11.0. The molecule has 1 amide bonds. The summed E-state index contributed by atoms with van der Waals surface area (Å²) >= 11 is 5.11. The number of carbonyl (C=O) groups is 1. The van der Waals surface area contributed by atoms with Gasteiger partial charge in [-0.15, -0.1) is 0 Å². The van der Waals surface area contributed by atoms with Crippen molar-refractivity contribution in [1.82, 2.24) is 5.32 Å². The first-order valence-electron chi connectivity index (χ1n) is 9.70. The summed E-state index contributed by atoms with van der Waals surface area (Å²) in [6.45, 7) is 0.00172. The molecule has 0 bridgehead atoms. The summed E-state index contributed by atoms with van der Waals surface area (Å²) in [6.07, 6.45) is -8.54. The number of benzene rings is 2. The number of hydrogen-bond acceptors (Lipinski definition) is 3. The van der Waals surface area contributed by atoms with Gasteiger partial charge in [-0.25, -0.2) is 0 Å². The molecule has 0 radical (unpaired) electrons. The Morgan fingerprint density at radius 2 is 1.41 bits per heavy atom. The van der Waals surface area contributed by atoms with Crippen LogP contribution in [-0.4, -0.2) is 17.6 Å². The quantitative estimate of drug-likeness (QED) is 0.282. The molecule has 0 saturated carbocycles. The summed E-state index contributed by atoms with van der Waals surface area (Å²) in [5.74, 6) is -0.276. The van der Waals surface area contributed by atoms with Crippen molar-refractivity contribution in [1.29, 1.82) is 0 Å². The normalized spacial score (nSPS) is 11.7. The number of furan rings is 1. The number of anilines is 2. The van der Waals surface area contributed by atoms with Crippen LogP contribution in [0.5, 0.6) is 0 Å². The fraction of sp³-hybridized carbons (Fsp3) is 0.182. The van der Waals surface area contributed by atoms with Gasteiger partial charge in [-0.1, -0.05) is 0 Å². The van der Waals surface area contributed by atoms with E-state index in [2.05, 4.69) is 16.0 Å². The third-order valence-electron chi connectivity index (χ3n) is 4.49. The average Bonchev–Trinajstić information content (AvgIpc) is 3.29. The molecule has 0 aliphatic rings. The Morgan fingerprint density at radius 1 is 0.853 bits per heavy atom. The molecular weight excluding hydrogens is 484 g/mol. The van der Waals surface area contributed by atoms with E-state index in [4.69, 9.17) is 16.6 Å². The fourth-order valence-electron chi connectivity index (χ4n) is 2.90. The molecule has 1 heterocycles. The Kier molecular flexibility index (Phi) is 7.50. The Labute approximate surface area is 195 Å². The summed E-state index contributed by atoms with van der Waals surface area (Å²) in [4.78, 5) is 11.9. The Morgan fingerprint density at radius 3 is 1.91 bits per heavy atom. The molecule has 0 spiro atoms. The van der Waals surface area contributed by atoms with E-state index >= 15 is 0 Å². The summed E-state index contributed by atoms with van der Waals surface area (Å²) < 4.78 is 82.7. The standard InChI is InChI=1S/C22H17F6N3O2S/c23-21(24,25)14-10-13(11-15(12-14)22(26,27)28)7-8-29-20(34)31-17-5-3-16(4-6-17)30-19(32)18-2-1-9-33-18/h1-6,9-12H,7-8H2,(H,30,32)(H2,29,31,34). The molecular formula is C22H17F6N3O2S. The molecule has 180 valence electrons. The van der Waals surface area contributed by atoms with Crippen molar-refractivity contribution in [2.24, 2.45) is 0 Å². The topological polar surface area (TPSA) is 66.3 Å². The predicted octanol–water partition coefficient (Wildman–Crippen LogP) is 6.10.